The van der Waals surface area contributed by atoms with Crippen LogP contribution in [-0.2, 0) is 21.1 Å². The summed E-state index contributed by atoms with van der Waals surface area (Å²) in [6, 6.07) is 7.29. The van der Waals surface area contributed by atoms with Crippen LogP contribution in [0.4, 0.5) is 5.69 Å². The summed E-state index contributed by atoms with van der Waals surface area (Å²) in [5.74, 6) is 0.235. The summed E-state index contributed by atoms with van der Waals surface area (Å²) >= 11 is 0. The van der Waals surface area contributed by atoms with E-state index in [0.717, 1.165) is 5.56 Å². The highest BCUT2D eigenvalue weighted by Crippen LogP contribution is 2.18. The summed E-state index contributed by atoms with van der Waals surface area (Å²) in [6.45, 7) is 0. The third-order valence-electron chi connectivity index (χ3n) is 3.81. The highest BCUT2D eigenvalue weighted by Gasteiger charge is 2.32. The highest BCUT2D eigenvalue weighted by molar-refractivity contribution is 7.91. The van der Waals surface area contributed by atoms with Crippen LogP contribution < -0.4 is 5.73 Å². The minimum Gasteiger partial charge on any atom is -0.399 e. The molecule has 118 valence electrons. The highest BCUT2D eigenvalue weighted by atomic mass is 35.5. The molecule has 1 atom stereocenters. The van der Waals surface area contributed by atoms with Crippen molar-refractivity contribution < 1.29 is 13.2 Å². The average molecular weight is 333 g/mol. The van der Waals surface area contributed by atoms with E-state index in [-0.39, 0.29) is 35.9 Å². The Bertz CT molecular complexity index is 604. The number of hydrogen-bond donors (Lipinski definition) is 1. The fourth-order valence-corrected chi connectivity index (χ4v) is 4.24. The topological polar surface area (TPSA) is 80.5 Å². The summed E-state index contributed by atoms with van der Waals surface area (Å²) in [4.78, 5) is 13.7. The van der Waals surface area contributed by atoms with Crippen LogP contribution in [0.25, 0.3) is 0 Å². The number of nitrogens with zero attached hydrogens (tertiary/aromatic N) is 1. The van der Waals surface area contributed by atoms with Crippen molar-refractivity contribution in [3.8, 4) is 0 Å². The lowest BCUT2D eigenvalue weighted by atomic mass is 10.1. The number of aryl methyl sites for hydroxylation is 1. The summed E-state index contributed by atoms with van der Waals surface area (Å²) in [5.41, 5.74) is 7.47. The van der Waals surface area contributed by atoms with Crippen LogP contribution in [0.5, 0.6) is 0 Å². The minimum absolute atomic E-state index is 0. The Hall–Kier alpha value is -1.27. The number of para-hydroxylation sites is 1. The van der Waals surface area contributed by atoms with E-state index >= 15 is 0 Å². The van der Waals surface area contributed by atoms with E-state index in [9.17, 15) is 13.2 Å². The summed E-state index contributed by atoms with van der Waals surface area (Å²) in [5, 5.41) is 0. The number of benzene rings is 1. The van der Waals surface area contributed by atoms with Crippen LogP contribution in [-0.4, -0.2) is 43.8 Å². The van der Waals surface area contributed by atoms with Crippen molar-refractivity contribution in [2.75, 3.05) is 24.3 Å². The first-order valence-corrected chi connectivity index (χ1v) is 8.50. The van der Waals surface area contributed by atoms with Gasteiger partial charge < -0.3 is 10.6 Å². The number of anilines is 1. The minimum atomic E-state index is -2.96. The normalized spacial score (nSPS) is 19.8. The predicted molar refractivity (Wildman–Crippen MR) is 86.3 cm³/mol. The van der Waals surface area contributed by atoms with E-state index in [4.69, 9.17) is 5.73 Å². The van der Waals surface area contributed by atoms with E-state index in [0.29, 0.717) is 24.9 Å². The number of carbonyl (C=O) groups is 1. The molecule has 1 fully saturated rings. The number of carbonyl (C=O) groups excluding carboxylic acids is 1. The van der Waals surface area contributed by atoms with Gasteiger partial charge in [0.1, 0.15) is 0 Å². The van der Waals surface area contributed by atoms with Gasteiger partial charge >= 0.3 is 0 Å². The Morgan fingerprint density at radius 1 is 1.38 bits per heavy atom. The lowest BCUT2D eigenvalue weighted by Gasteiger charge is -2.23. The van der Waals surface area contributed by atoms with Crippen molar-refractivity contribution in [2.24, 2.45) is 0 Å². The molecule has 2 N–H and O–H groups in total. The van der Waals surface area contributed by atoms with Crippen LogP contribution in [0, 0.1) is 0 Å². The number of nitrogen functional groups attached to an aromatic ring is 1. The Balaban J connectivity index is 0.00000220. The molecule has 0 bridgehead atoms. The first-order chi connectivity index (χ1) is 9.39. The second kappa shape index (κ2) is 7.13. The number of rotatable bonds is 4. The quantitative estimate of drug-likeness (QED) is 0.842. The monoisotopic (exact) mass is 332 g/mol. The number of sulfone groups is 1. The molecule has 1 unspecified atom stereocenters. The van der Waals surface area contributed by atoms with Gasteiger partial charge in [0.2, 0.25) is 5.91 Å². The van der Waals surface area contributed by atoms with Gasteiger partial charge in [-0.3, -0.25) is 4.79 Å². The molecule has 1 saturated heterocycles. The molecule has 2 rings (SSSR count). The van der Waals surface area contributed by atoms with Gasteiger partial charge in [0.15, 0.2) is 9.84 Å². The Morgan fingerprint density at radius 2 is 2.05 bits per heavy atom. The lowest BCUT2D eigenvalue weighted by molar-refractivity contribution is -0.131. The number of amides is 1. The molecule has 1 aromatic carbocycles. The molecule has 7 heteroatoms. The molecule has 1 amide bonds. The second-order valence-corrected chi connectivity index (χ2v) is 7.49. The molecule has 0 aliphatic carbocycles. The van der Waals surface area contributed by atoms with E-state index in [1.807, 2.05) is 24.3 Å². The molecule has 0 saturated carbocycles. The third kappa shape index (κ3) is 4.61. The smallest absolute Gasteiger partial charge is 0.222 e. The van der Waals surface area contributed by atoms with Crippen molar-refractivity contribution in [3.05, 3.63) is 29.8 Å². The van der Waals surface area contributed by atoms with Crippen LogP contribution >= 0.6 is 12.4 Å². The van der Waals surface area contributed by atoms with Crippen molar-refractivity contribution in [1.29, 1.82) is 0 Å². The Labute approximate surface area is 131 Å². The SMILES string of the molecule is CN(C(=O)CCc1ccccc1N)C1CCS(=O)(=O)C1.Cl. The lowest BCUT2D eigenvalue weighted by Crippen LogP contribution is -2.37. The molecule has 5 nitrogen and oxygen atoms in total. The van der Waals surface area contributed by atoms with Gasteiger partial charge in [-0.15, -0.1) is 12.4 Å². The molecule has 1 aromatic rings. The zero-order valence-electron chi connectivity index (χ0n) is 12.0. The molecule has 0 aromatic heterocycles. The molecule has 1 heterocycles. The molecule has 1 aliphatic rings. The fourth-order valence-electron chi connectivity index (χ4n) is 2.46. The summed E-state index contributed by atoms with van der Waals surface area (Å²) in [6.07, 6.45) is 1.47. The zero-order chi connectivity index (χ0) is 14.8. The van der Waals surface area contributed by atoms with Crippen LogP contribution in [0.15, 0.2) is 24.3 Å². The average Bonchev–Trinajstić information content (AvgIpc) is 2.77. The maximum absolute atomic E-state index is 12.1. The van der Waals surface area contributed by atoms with E-state index in [1.165, 1.54) is 0 Å². The Morgan fingerprint density at radius 3 is 2.62 bits per heavy atom. The molecular weight excluding hydrogens is 312 g/mol. The second-order valence-electron chi connectivity index (χ2n) is 5.26. The van der Waals surface area contributed by atoms with Gasteiger partial charge in [-0.1, -0.05) is 18.2 Å². The molecule has 1 aliphatic heterocycles. The number of halogens is 1. The number of nitrogens with two attached hydrogens (primary N) is 1. The first kappa shape index (κ1) is 17.8. The van der Waals surface area contributed by atoms with Gasteiger partial charge in [0, 0.05) is 25.2 Å². The first-order valence-electron chi connectivity index (χ1n) is 6.68. The van der Waals surface area contributed by atoms with Gasteiger partial charge in [0.05, 0.1) is 11.5 Å². The molecule has 0 radical (unpaired) electrons. The van der Waals surface area contributed by atoms with Crippen LogP contribution in [0.2, 0.25) is 0 Å². The van der Waals surface area contributed by atoms with Crippen molar-refractivity contribution in [2.45, 2.75) is 25.3 Å². The maximum atomic E-state index is 12.1. The zero-order valence-corrected chi connectivity index (χ0v) is 13.6. The Kier molecular flexibility index (Phi) is 6.04. The van der Waals surface area contributed by atoms with Gasteiger partial charge in [0.25, 0.3) is 0 Å². The van der Waals surface area contributed by atoms with E-state index in [2.05, 4.69) is 0 Å². The van der Waals surface area contributed by atoms with Crippen molar-refractivity contribution >= 4 is 33.8 Å². The van der Waals surface area contributed by atoms with Gasteiger partial charge in [-0.2, -0.15) is 0 Å². The van der Waals surface area contributed by atoms with Crippen molar-refractivity contribution in [3.63, 3.8) is 0 Å². The third-order valence-corrected chi connectivity index (χ3v) is 5.56. The van der Waals surface area contributed by atoms with E-state index in [1.54, 1.807) is 11.9 Å². The van der Waals surface area contributed by atoms with E-state index < -0.39 is 9.84 Å². The predicted octanol–water partition coefficient (Wildman–Crippen LogP) is 1.27. The van der Waals surface area contributed by atoms with Crippen LogP contribution in [0.3, 0.4) is 0 Å². The summed E-state index contributed by atoms with van der Waals surface area (Å²) < 4.78 is 22.9. The van der Waals surface area contributed by atoms with Gasteiger partial charge in [-0.05, 0) is 24.5 Å². The largest absolute Gasteiger partial charge is 0.399 e. The fraction of sp³-hybridized carbons (Fsp3) is 0.500. The maximum Gasteiger partial charge on any atom is 0.222 e. The van der Waals surface area contributed by atoms with Crippen LogP contribution in [0.1, 0.15) is 18.4 Å². The van der Waals surface area contributed by atoms with Crippen molar-refractivity contribution in [1.82, 2.24) is 4.90 Å². The van der Waals surface area contributed by atoms with Gasteiger partial charge in [-0.25, -0.2) is 8.42 Å². The molecule has 0 spiro atoms. The molecule has 21 heavy (non-hydrogen) atoms. The standard InChI is InChI=1S/C14H20N2O3S.ClH/c1-16(12-8-9-20(18,19)10-12)14(17)7-6-11-4-2-3-5-13(11)15;/h2-5,12H,6-10,15H2,1H3;1H. The number of hydrogen-bond acceptors (Lipinski definition) is 4. The summed E-state index contributed by atoms with van der Waals surface area (Å²) in [7, 11) is -1.28. The molecular formula is C14H21ClN2O3S.